The minimum absolute atomic E-state index is 0.00736. The molecule has 1 aromatic carbocycles. The summed E-state index contributed by atoms with van der Waals surface area (Å²) in [6.07, 6.45) is 2.81. The highest BCUT2D eigenvalue weighted by Gasteiger charge is 2.25. The fraction of sp³-hybridized carbons (Fsp3) is 0.353. The Hall–Kier alpha value is -2.23. The number of rotatable bonds is 5. The third kappa shape index (κ3) is 4.74. The Balaban J connectivity index is 1.74. The van der Waals surface area contributed by atoms with Gasteiger partial charge in [-0.15, -0.1) is 0 Å². The largest absolute Gasteiger partial charge is 0.368 e. The van der Waals surface area contributed by atoms with Gasteiger partial charge >= 0.3 is 0 Å². The Bertz CT molecular complexity index is 942. The summed E-state index contributed by atoms with van der Waals surface area (Å²) >= 11 is 5.80. The molecule has 1 fully saturated rings. The van der Waals surface area contributed by atoms with Gasteiger partial charge in [-0.25, -0.2) is 13.4 Å². The maximum absolute atomic E-state index is 12.1. The van der Waals surface area contributed by atoms with Crippen molar-refractivity contribution >= 4 is 32.8 Å². The van der Waals surface area contributed by atoms with Crippen LogP contribution in [0.5, 0.6) is 0 Å². The summed E-state index contributed by atoms with van der Waals surface area (Å²) in [7, 11) is -3.59. The maximum Gasteiger partial charge on any atom is 0.270 e. The molecule has 1 aromatic heterocycles. The molecular formula is C17H19ClN4O4S. The first kappa shape index (κ1) is 19.5. The summed E-state index contributed by atoms with van der Waals surface area (Å²) in [6.45, 7) is 3.46. The number of aromatic nitrogens is 1. The first-order valence-electron chi connectivity index (χ1n) is 8.30. The van der Waals surface area contributed by atoms with Crippen LogP contribution < -0.4 is 4.90 Å². The predicted molar refractivity (Wildman–Crippen MR) is 103 cm³/mol. The summed E-state index contributed by atoms with van der Waals surface area (Å²) in [4.78, 5) is 18.7. The van der Waals surface area contributed by atoms with E-state index in [0.29, 0.717) is 23.9 Å². The molecule has 0 radical (unpaired) electrons. The number of pyridine rings is 1. The maximum atomic E-state index is 12.1. The molecule has 3 rings (SSSR count). The molecule has 1 saturated heterocycles. The van der Waals surface area contributed by atoms with E-state index < -0.39 is 14.8 Å². The standard InChI is InChI=1S/C17H19ClN4O4S/c1-27(25,26)16-10-14(22(23)24)3-4-15(16)21-8-6-20(7-9-21)12-13-2-5-17(18)19-11-13/h2-5,10-11H,6-9,12H2,1H3. The topological polar surface area (TPSA) is 96.6 Å². The van der Waals surface area contributed by atoms with E-state index >= 15 is 0 Å². The van der Waals surface area contributed by atoms with Gasteiger partial charge in [-0.05, 0) is 17.7 Å². The highest BCUT2D eigenvalue weighted by molar-refractivity contribution is 7.90. The van der Waals surface area contributed by atoms with E-state index in [1.807, 2.05) is 11.0 Å². The lowest BCUT2D eigenvalue weighted by Gasteiger charge is -2.36. The van der Waals surface area contributed by atoms with Crippen LogP contribution in [0.4, 0.5) is 11.4 Å². The van der Waals surface area contributed by atoms with E-state index in [9.17, 15) is 18.5 Å². The fourth-order valence-corrected chi connectivity index (χ4v) is 4.10. The summed E-state index contributed by atoms with van der Waals surface area (Å²) in [5, 5.41) is 11.4. The van der Waals surface area contributed by atoms with Crippen LogP contribution >= 0.6 is 11.6 Å². The second-order valence-electron chi connectivity index (χ2n) is 6.43. The molecule has 1 aliphatic heterocycles. The first-order chi connectivity index (χ1) is 12.7. The molecule has 0 unspecified atom stereocenters. The molecule has 0 N–H and O–H groups in total. The van der Waals surface area contributed by atoms with Crippen LogP contribution in [0.2, 0.25) is 5.15 Å². The number of sulfone groups is 1. The minimum Gasteiger partial charge on any atom is -0.368 e. The number of hydrogen-bond donors (Lipinski definition) is 0. The highest BCUT2D eigenvalue weighted by Crippen LogP contribution is 2.30. The molecule has 0 aliphatic carbocycles. The van der Waals surface area contributed by atoms with Gasteiger partial charge in [0.1, 0.15) is 5.15 Å². The van der Waals surface area contributed by atoms with Crippen molar-refractivity contribution in [1.29, 1.82) is 0 Å². The number of benzene rings is 1. The molecule has 0 atom stereocenters. The summed E-state index contributed by atoms with van der Waals surface area (Å²) in [5.74, 6) is 0. The van der Waals surface area contributed by atoms with E-state index in [-0.39, 0.29) is 10.6 Å². The number of hydrogen-bond acceptors (Lipinski definition) is 7. The van der Waals surface area contributed by atoms with E-state index in [0.717, 1.165) is 37.5 Å². The molecule has 0 spiro atoms. The van der Waals surface area contributed by atoms with Gasteiger partial charge in [-0.1, -0.05) is 17.7 Å². The zero-order chi connectivity index (χ0) is 19.6. The van der Waals surface area contributed by atoms with Crippen LogP contribution in [-0.2, 0) is 16.4 Å². The van der Waals surface area contributed by atoms with Crippen molar-refractivity contribution < 1.29 is 13.3 Å². The second kappa shape index (κ2) is 7.79. The molecule has 1 aliphatic rings. The molecule has 10 heteroatoms. The quantitative estimate of drug-likeness (QED) is 0.424. The minimum atomic E-state index is -3.59. The Morgan fingerprint density at radius 1 is 1.19 bits per heavy atom. The Labute approximate surface area is 162 Å². The number of nitro benzene ring substituents is 1. The predicted octanol–water partition coefficient (Wildman–Crippen LogP) is 2.37. The zero-order valence-electron chi connectivity index (χ0n) is 14.7. The van der Waals surface area contributed by atoms with Gasteiger partial charge in [0.05, 0.1) is 15.5 Å². The zero-order valence-corrected chi connectivity index (χ0v) is 16.3. The van der Waals surface area contributed by atoms with Gasteiger partial charge in [0, 0.05) is 57.3 Å². The van der Waals surface area contributed by atoms with Crippen LogP contribution in [0.1, 0.15) is 5.56 Å². The van der Waals surface area contributed by atoms with Crippen molar-refractivity contribution in [3.8, 4) is 0 Å². The van der Waals surface area contributed by atoms with Gasteiger partial charge in [-0.3, -0.25) is 15.0 Å². The third-order valence-electron chi connectivity index (χ3n) is 4.46. The van der Waals surface area contributed by atoms with Crippen LogP contribution in [0.3, 0.4) is 0 Å². The van der Waals surface area contributed by atoms with Crippen molar-refractivity contribution in [2.45, 2.75) is 11.4 Å². The molecular weight excluding hydrogens is 392 g/mol. The number of piperazine rings is 1. The number of non-ortho nitro benzene ring substituents is 1. The van der Waals surface area contributed by atoms with E-state index in [1.165, 1.54) is 12.1 Å². The SMILES string of the molecule is CS(=O)(=O)c1cc([N+](=O)[O-])ccc1N1CCN(Cc2ccc(Cl)nc2)CC1. The molecule has 0 amide bonds. The van der Waals surface area contributed by atoms with Gasteiger partial charge in [0.2, 0.25) is 0 Å². The van der Waals surface area contributed by atoms with Gasteiger partial charge in [-0.2, -0.15) is 0 Å². The lowest BCUT2D eigenvalue weighted by molar-refractivity contribution is -0.385. The van der Waals surface area contributed by atoms with Crippen molar-refractivity contribution in [1.82, 2.24) is 9.88 Å². The number of halogens is 1. The molecule has 2 heterocycles. The van der Waals surface area contributed by atoms with Crippen molar-refractivity contribution in [2.24, 2.45) is 0 Å². The first-order valence-corrected chi connectivity index (χ1v) is 10.6. The van der Waals surface area contributed by atoms with Gasteiger partial charge in [0.25, 0.3) is 5.69 Å². The average molecular weight is 411 g/mol. The molecule has 0 bridgehead atoms. The number of nitro groups is 1. The van der Waals surface area contributed by atoms with Crippen LogP contribution in [0.25, 0.3) is 0 Å². The van der Waals surface area contributed by atoms with E-state index in [4.69, 9.17) is 11.6 Å². The lowest BCUT2D eigenvalue weighted by atomic mass is 10.2. The molecule has 0 saturated carbocycles. The van der Waals surface area contributed by atoms with Crippen LogP contribution in [0.15, 0.2) is 41.4 Å². The van der Waals surface area contributed by atoms with Crippen LogP contribution in [-0.4, -0.2) is 55.7 Å². The smallest absolute Gasteiger partial charge is 0.270 e. The van der Waals surface area contributed by atoms with E-state index in [1.54, 1.807) is 12.3 Å². The Kier molecular flexibility index (Phi) is 5.64. The van der Waals surface area contributed by atoms with Crippen LogP contribution in [0, 0.1) is 10.1 Å². The third-order valence-corrected chi connectivity index (χ3v) is 5.81. The fourth-order valence-electron chi connectivity index (χ4n) is 3.08. The molecule has 27 heavy (non-hydrogen) atoms. The summed E-state index contributed by atoms with van der Waals surface area (Å²) < 4.78 is 24.3. The Morgan fingerprint density at radius 2 is 1.89 bits per heavy atom. The van der Waals surface area contributed by atoms with E-state index in [2.05, 4.69) is 9.88 Å². The summed E-state index contributed by atoms with van der Waals surface area (Å²) in [6, 6.07) is 7.68. The average Bonchev–Trinajstić information content (AvgIpc) is 2.63. The monoisotopic (exact) mass is 410 g/mol. The second-order valence-corrected chi connectivity index (χ2v) is 8.81. The summed E-state index contributed by atoms with van der Waals surface area (Å²) in [5.41, 5.74) is 1.34. The normalized spacial score (nSPS) is 15.7. The van der Waals surface area contributed by atoms with Crippen molar-refractivity contribution in [3.05, 3.63) is 57.4 Å². The van der Waals surface area contributed by atoms with Crippen molar-refractivity contribution in [2.75, 3.05) is 37.3 Å². The van der Waals surface area contributed by atoms with Crippen molar-refractivity contribution in [3.63, 3.8) is 0 Å². The Morgan fingerprint density at radius 3 is 2.44 bits per heavy atom. The molecule has 144 valence electrons. The lowest BCUT2D eigenvalue weighted by Crippen LogP contribution is -2.46. The number of anilines is 1. The molecule has 8 nitrogen and oxygen atoms in total. The number of nitrogens with zero attached hydrogens (tertiary/aromatic N) is 4. The highest BCUT2D eigenvalue weighted by atomic mass is 35.5. The molecule has 2 aromatic rings. The van der Waals surface area contributed by atoms with Gasteiger partial charge < -0.3 is 4.90 Å². The van der Waals surface area contributed by atoms with Gasteiger partial charge in [0.15, 0.2) is 9.84 Å².